The van der Waals surface area contributed by atoms with Crippen molar-refractivity contribution in [2.75, 3.05) is 17.3 Å². The van der Waals surface area contributed by atoms with E-state index >= 15 is 0 Å². The molecule has 2 aromatic rings. The van der Waals surface area contributed by atoms with Crippen LogP contribution in [0.2, 0.25) is 0 Å². The molecule has 106 valence electrons. The molecule has 0 fully saturated rings. The molecule has 0 unspecified atom stereocenters. The molecule has 0 bridgehead atoms. The van der Waals surface area contributed by atoms with Crippen molar-refractivity contribution in [2.45, 2.75) is 11.8 Å². The van der Waals surface area contributed by atoms with Crippen molar-refractivity contribution in [3.05, 3.63) is 35.5 Å². The molecule has 0 saturated carbocycles. The van der Waals surface area contributed by atoms with Gasteiger partial charge in [-0.25, -0.2) is 8.42 Å². The van der Waals surface area contributed by atoms with Gasteiger partial charge in [-0.15, -0.1) is 0 Å². The highest BCUT2D eigenvalue weighted by Crippen LogP contribution is 2.22. The van der Waals surface area contributed by atoms with Gasteiger partial charge in [0.1, 0.15) is 5.00 Å². The summed E-state index contributed by atoms with van der Waals surface area (Å²) in [4.78, 5) is 12.3. The second-order valence-electron chi connectivity index (χ2n) is 4.26. The first-order valence-corrected chi connectivity index (χ1v) is 8.28. The van der Waals surface area contributed by atoms with Gasteiger partial charge < -0.3 is 11.1 Å². The van der Waals surface area contributed by atoms with Crippen LogP contribution in [0.25, 0.3) is 0 Å². The van der Waals surface area contributed by atoms with Gasteiger partial charge in [-0.05, 0) is 42.7 Å². The zero-order valence-electron chi connectivity index (χ0n) is 10.9. The van der Waals surface area contributed by atoms with Gasteiger partial charge in [-0.3, -0.25) is 4.79 Å². The SMILES string of the molecule is Cc1nsc(N)c1C(=O)Nc1ccc(S(C)(=O)=O)cc1. The second kappa shape index (κ2) is 5.22. The number of carbonyl (C=O) groups is 1. The summed E-state index contributed by atoms with van der Waals surface area (Å²) >= 11 is 1.06. The Balaban J connectivity index is 2.21. The first-order chi connectivity index (χ1) is 9.29. The lowest BCUT2D eigenvalue weighted by Gasteiger charge is -2.06. The molecular weight excluding hydrogens is 298 g/mol. The number of anilines is 2. The van der Waals surface area contributed by atoms with E-state index in [1.807, 2.05) is 0 Å². The number of sulfone groups is 1. The standard InChI is InChI=1S/C12H13N3O3S2/c1-7-10(11(13)19-15-7)12(16)14-8-3-5-9(6-4-8)20(2,17)18/h3-6H,13H2,1-2H3,(H,14,16). The molecule has 0 atom stereocenters. The normalized spacial score (nSPS) is 11.3. The minimum absolute atomic E-state index is 0.198. The first kappa shape index (κ1) is 14.5. The van der Waals surface area contributed by atoms with Gasteiger partial charge in [0.15, 0.2) is 9.84 Å². The second-order valence-corrected chi connectivity index (χ2v) is 7.08. The zero-order chi connectivity index (χ0) is 14.9. The van der Waals surface area contributed by atoms with E-state index < -0.39 is 9.84 Å². The van der Waals surface area contributed by atoms with Gasteiger partial charge in [-0.1, -0.05) is 0 Å². The smallest absolute Gasteiger partial charge is 0.260 e. The molecule has 0 aliphatic heterocycles. The topological polar surface area (TPSA) is 102 Å². The number of hydrogen-bond acceptors (Lipinski definition) is 6. The lowest BCUT2D eigenvalue weighted by Crippen LogP contribution is -2.14. The van der Waals surface area contributed by atoms with Crippen LogP contribution in [0.3, 0.4) is 0 Å². The van der Waals surface area contributed by atoms with E-state index in [1.165, 1.54) is 24.3 Å². The van der Waals surface area contributed by atoms with Crippen LogP contribution in [0.4, 0.5) is 10.7 Å². The molecule has 0 aliphatic carbocycles. The summed E-state index contributed by atoms with van der Waals surface area (Å²) in [6, 6.07) is 5.93. The largest absolute Gasteiger partial charge is 0.389 e. The number of aryl methyl sites for hydroxylation is 1. The molecule has 1 heterocycles. The molecule has 3 N–H and O–H groups in total. The number of nitrogens with one attached hydrogen (secondary N) is 1. The molecule has 1 aromatic heterocycles. The van der Waals surface area contributed by atoms with Crippen LogP contribution >= 0.6 is 11.5 Å². The fourth-order valence-electron chi connectivity index (χ4n) is 1.64. The molecule has 0 aliphatic rings. The Morgan fingerprint density at radius 1 is 1.30 bits per heavy atom. The number of nitrogens with zero attached hydrogens (tertiary/aromatic N) is 1. The maximum Gasteiger partial charge on any atom is 0.260 e. The predicted molar refractivity (Wildman–Crippen MR) is 78.8 cm³/mol. The summed E-state index contributed by atoms with van der Waals surface area (Å²) in [6.45, 7) is 1.70. The number of nitrogen functional groups attached to an aromatic ring is 1. The van der Waals surface area contributed by atoms with Crippen LogP contribution in [-0.4, -0.2) is 25.0 Å². The maximum atomic E-state index is 12.1. The number of hydrogen-bond donors (Lipinski definition) is 2. The molecule has 8 heteroatoms. The summed E-state index contributed by atoms with van der Waals surface area (Å²) in [5.41, 5.74) is 7.10. The third-order valence-corrected chi connectivity index (χ3v) is 4.55. The van der Waals surface area contributed by atoms with Crippen molar-refractivity contribution in [1.82, 2.24) is 4.37 Å². The van der Waals surface area contributed by atoms with Crippen molar-refractivity contribution in [2.24, 2.45) is 0 Å². The quantitative estimate of drug-likeness (QED) is 0.898. The highest BCUT2D eigenvalue weighted by molar-refractivity contribution is 7.90. The minimum Gasteiger partial charge on any atom is -0.389 e. The number of benzene rings is 1. The van der Waals surface area contributed by atoms with Gasteiger partial charge in [0.05, 0.1) is 16.2 Å². The lowest BCUT2D eigenvalue weighted by atomic mass is 10.2. The van der Waals surface area contributed by atoms with Crippen LogP contribution in [-0.2, 0) is 9.84 Å². The summed E-state index contributed by atoms with van der Waals surface area (Å²) in [5, 5.41) is 3.01. The van der Waals surface area contributed by atoms with Crippen LogP contribution in [0.1, 0.15) is 16.1 Å². The van der Waals surface area contributed by atoms with E-state index in [-0.39, 0.29) is 10.8 Å². The summed E-state index contributed by atoms with van der Waals surface area (Å²) < 4.78 is 26.7. The number of nitrogens with two attached hydrogens (primary N) is 1. The van der Waals surface area contributed by atoms with E-state index in [4.69, 9.17) is 5.73 Å². The molecule has 20 heavy (non-hydrogen) atoms. The maximum absolute atomic E-state index is 12.1. The van der Waals surface area contributed by atoms with Crippen molar-refractivity contribution in [3.8, 4) is 0 Å². The predicted octanol–water partition coefficient (Wildman–Crippen LogP) is 1.69. The summed E-state index contributed by atoms with van der Waals surface area (Å²) in [5.74, 6) is -0.360. The highest BCUT2D eigenvalue weighted by Gasteiger charge is 2.16. The third-order valence-electron chi connectivity index (χ3n) is 2.66. The van der Waals surface area contributed by atoms with Crippen molar-refractivity contribution in [3.63, 3.8) is 0 Å². The average Bonchev–Trinajstić information content (AvgIpc) is 2.68. The zero-order valence-corrected chi connectivity index (χ0v) is 12.5. The number of rotatable bonds is 3. The Morgan fingerprint density at radius 2 is 1.90 bits per heavy atom. The fourth-order valence-corrected chi connectivity index (χ4v) is 2.93. The number of carbonyl (C=O) groups excluding carboxylic acids is 1. The summed E-state index contributed by atoms with van der Waals surface area (Å²) in [6.07, 6.45) is 1.13. The highest BCUT2D eigenvalue weighted by atomic mass is 32.2. The Kier molecular flexibility index (Phi) is 3.78. The fraction of sp³-hybridized carbons (Fsp3) is 0.167. The monoisotopic (exact) mass is 311 g/mol. The summed E-state index contributed by atoms with van der Waals surface area (Å²) in [7, 11) is -3.25. The molecule has 1 aromatic carbocycles. The van der Waals surface area contributed by atoms with E-state index in [0.717, 1.165) is 17.8 Å². The Bertz CT molecular complexity index is 729. The van der Waals surface area contributed by atoms with Crippen LogP contribution in [0.15, 0.2) is 29.2 Å². The van der Waals surface area contributed by atoms with Gasteiger partial charge in [0, 0.05) is 11.9 Å². The van der Waals surface area contributed by atoms with E-state index in [9.17, 15) is 13.2 Å². The third kappa shape index (κ3) is 2.97. The number of amides is 1. The molecular formula is C12H13N3O3S2. The van der Waals surface area contributed by atoms with Crippen LogP contribution in [0.5, 0.6) is 0 Å². The van der Waals surface area contributed by atoms with E-state index in [2.05, 4.69) is 9.69 Å². The molecule has 0 spiro atoms. The van der Waals surface area contributed by atoms with Crippen molar-refractivity contribution < 1.29 is 13.2 Å². The average molecular weight is 311 g/mol. The van der Waals surface area contributed by atoms with Crippen molar-refractivity contribution in [1.29, 1.82) is 0 Å². The Labute approximate surface area is 120 Å². The molecule has 6 nitrogen and oxygen atoms in total. The van der Waals surface area contributed by atoms with Gasteiger partial charge in [0.25, 0.3) is 5.91 Å². The molecule has 0 saturated heterocycles. The van der Waals surface area contributed by atoms with Gasteiger partial charge >= 0.3 is 0 Å². The van der Waals surface area contributed by atoms with E-state index in [1.54, 1.807) is 6.92 Å². The van der Waals surface area contributed by atoms with E-state index in [0.29, 0.717) is 21.9 Å². The van der Waals surface area contributed by atoms with Crippen LogP contribution < -0.4 is 11.1 Å². The van der Waals surface area contributed by atoms with Crippen LogP contribution in [0, 0.1) is 6.92 Å². The first-order valence-electron chi connectivity index (χ1n) is 5.62. The molecule has 1 amide bonds. The minimum atomic E-state index is -3.25. The van der Waals surface area contributed by atoms with Gasteiger partial charge in [-0.2, -0.15) is 4.37 Å². The lowest BCUT2D eigenvalue weighted by molar-refractivity contribution is 0.102. The Morgan fingerprint density at radius 3 is 2.35 bits per heavy atom. The van der Waals surface area contributed by atoms with Gasteiger partial charge in [0.2, 0.25) is 0 Å². The Hall–Kier alpha value is -1.93. The van der Waals surface area contributed by atoms with Crippen molar-refractivity contribution >= 4 is 38.0 Å². The molecule has 0 radical (unpaired) electrons. The molecule has 2 rings (SSSR count). The number of aromatic nitrogens is 1.